The highest BCUT2D eigenvalue weighted by Gasteiger charge is 2.13. The SMILES string of the molecule is CC(O)c1ccc(-c2ccccc2C(=O)Nc2ccc(NCCc3ccccn3)cc2)cc1. The van der Waals surface area contributed by atoms with Gasteiger partial charge in [0.1, 0.15) is 0 Å². The number of aromatic nitrogens is 1. The quantitative estimate of drug-likeness (QED) is 0.330. The third-order valence-electron chi connectivity index (χ3n) is 5.45. The molecule has 1 atom stereocenters. The number of amides is 1. The number of aliphatic hydroxyl groups is 1. The maximum Gasteiger partial charge on any atom is 0.256 e. The summed E-state index contributed by atoms with van der Waals surface area (Å²) < 4.78 is 0. The normalized spacial score (nSPS) is 11.6. The minimum atomic E-state index is -0.523. The molecule has 0 saturated heterocycles. The third kappa shape index (κ3) is 5.84. The molecule has 3 aromatic carbocycles. The fourth-order valence-electron chi connectivity index (χ4n) is 3.62. The van der Waals surface area contributed by atoms with Crippen molar-refractivity contribution in [2.75, 3.05) is 17.2 Å². The minimum Gasteiger partial charge on any atom is -0.389 e. The van der Waals surface area contributed by atoms with Gasteiger partial charge >= 0.3 is 0 Å². The Morgan fingerprint density at radius 1 is 0.879 bits per heavy atom. The maximum absolute atomic E-state index is 13.0. The Morgan fingerprint density at radius 3 is 2.27 bits per heavy atom. The molecule has 0 bridgehead atoms. The van der Waals surface area contributed by atoms with E-state index in [1.165, 1.54) is 0 Å². The summed E-state index contributed by atoms with van der Waals surface area (Å²) in [6, 6.07) is 28.8. The summed E-state index contributed by atoms with van der Waals surface area (Å²) in [5.41, 5.74) is 5.98. The molecule has 5 nitrogen and oxygen atoms in total. The Labute approximate surface area is 194 Å². The van der Waals surface area contributed by atoms with Crippen LogP contribution in [0.5, 0.6) is 0 Å². The van der Waals surface area contributed by atoms with Crippen LogP contribution >= 0.6 is 0 Å². The zero-order valence-corrected chi connectivity index (χ0v) is 18.5. The van der Waals surface area contributed by atoms with E-state index >= 15 is 0 Å². The van der Waals surface area contributed by atoms with E-state index in [0.717, 1.165) is 46.7 Å². The first-order valence-electron chi connectivity index (χ1n) is 11.0. The Balaban J connectivity index is 1.40. The second-order valence-corrected chi connectivity index (χ2v) is 7.87. The van der Waals surface area contributed by atoms with Gasteiger partial charge in [-0.1, -0.05) is 48.5 Å². The lowest BCUT2D eigenvalue weighted by molar-refractivity contribution is 0.102. The van der Waals surface area contributed by atoms with E-state index in [4.69, 9.17) is 0 Å². The number of hydrogen-bond acceptors (Lipinski definition) is 4. The first-order chi connectivity index (χ1) is 16.1. The highest BCUT2D eigenvalue weighted by atomic mass is 16.3. The van der Waals surface area contributed by atoms with Crippen LogP contribution in [0.2, 0.25) is 0 Å². The van der Waals surface area contributed by atoms with Gasteiger partial charge in [-0.3, -0.25) is 9.78 Å². The summed E-state index contributed by atoms with van der Waals surface area (Å²) in [6.07, 6.45) is 2.12. The van der Waals surface area contributed by atoms with Crippen molar-refractivity contribution < 1.29 is 9.90 Å². The summed E-state index contributed by atoms with van der Waals surface area (Å²) in [6.45, 7) is 2.52. The molecule has 0 aliphatic heterocycles. The number of hydrogen-bond donors (Lipinski definition) is 3. The third-order valence-corrected chi connectivity index (χ3v) is 5.45. The average Bonchev–Trinajstić information content (AvgIpc) is 2.86. The lowest BCUT2D eigenvalue weighted by atomic mass is 9.97. The fourth-order valence-corrected chi connectivity index (χ4v) is 3.62. The van der Waals surface area contributed by atoms with Crippen molar-refractivity contribution >= 4 is 17.3 Å². The maximum atomic E-state index is 13.0. The van der Waals surface area contributed by atoms with Crippen molar-refractivity contribution in [2.45, 2.75) is 19.4 Å². The van der Waals surface area contributed by atoms with Crippen molar-refractivity contribution in [1.29, 1.82) is 0 Å². The van der Waals surface area contributed by atoms with Crippen LogP contribution in [0.25, 0.3) is 11.1 Å². The molecule has 0 fully saturated rings. The number of pyridine rings is 1. The molecule has 0 aliphatic rings. The van der Waals surface area contributed by atoms with Crippen molar-refractivity contribution in [1.82, 2.24) is 4.98 Å². The van der Waals surface area contributed by atoms with Gasteiger partial charge in [0.25, 0.3) is 5.91 Å². The molecule has 33 heavy (non-hydrogen) atoms. The molecular formula is C28H27N3O2. The lowest BCUT2D eigenvalue weighted by Gasteiger charge is -2.12. The molecule has 4 rings (SSSR count). The number of nitrogens with one attached hydrogen (secondary N) is 2. The molecular weight excluding hydrogens is 410 g/mol. The van der Waals surface area contributed by atoms with E-state index in [-0.39, 0.29) is 5.91 Å². The van der Waals surface area contributed by atoms with Crippen molar-refractivity contribution in [3.63, 3.8) is 0 Å². The van der Waals surface area contributed by atoms with Gasteiger partial charge in [-0.2, -0.15) is 0 Å². The van der Waals surface area contributed by atoms with Gasteiger partial charge < -0.3 is 15.7 Å². The zero-order valence-electron chi connectivity index (χ0n) is 18.5. The van der Waals surface area contributed by atoms with E-state index in [0.29, 0.717) is 5.56 Å². The topological polar surface area (TPSA) is 74.2 Å². The van der Waals surface area contributed by atoms with Crippen molar-refractivity contribution in [3.05, 3.63) is 114 Å². The molecule has 1 heterocycles. The Morgan fingerprint density at radius 2 is 1.58 bits per heavy atom. The van der Waals surface area contributed by atoms with Gasteiger partial charge in [-0.25, -0.2) is 0 Å². The van der Waals surface area contributed by atoms with Crippen LogP contribution in [-0.2, 0) is 6.42 Å². The molecule has 4 aromatic rings. The fraction of sp³-hybridized carbons (Fsp3) is 0.143. The summed E-state index contributed by atoms with van der Waals surface area (Å²) in [5, 5.41) is 16.1. The largest absolute Gasteiger partial charge is 0.389 e. The van der Waals surface area contributed by atoms with Crippen LogP contribution in [0.1, 0.15) is 34.6 Å². The predicted molar refractivity (Wildman–Crippen MR) is 133 cm³/mol. The van der Waals surface area contributed by atoms with E-state index in [1.54, 1.807) is 13.1 Å². The molecule has 1 unspecified atom stereocenters. The Hall–Kier alpha value is -3.96. The Kier molecular flexibility index (Phi) is 7.12. The Bertz CT molecular complexity index is 1190. The lowest BCUT2D eigenvalue weighted by Crippen LogP contribution is -2.13. The van der Waals surface area contributed by atoms with Crippen molar-refractivity contribution in [2.24, 2.45) is 0 Å². The molecule has 0 radical (unpaired) electrons. The second kappa shape index (κ2) is 10.6. The highest BCUT2D eigenvalue weighted by molar-refractivity contribution is 6.08. The van der Waals surface area contributed by atoms with E-state index in [9.17, 15) is 9.90 Å². The summed E-state index contributed by atoms with van der Waals surface area (Å²) in [4.78, 5) is 17.4. The number of benzene rings is 3. The minimum absolute atomic E-state index is 0.166. The number of rotatable bonds is 8. The average molecular weight is 438 g/mol. The number of carbonyl (C=O) groups excluding carboxylic acids is 1. The second-order valence-electron chi connectivity index (χ2n) is 7.87. The first kappa shape index (κ1) is 22.2. The highest BCUT2D eigenvalue weighted by Crippen LogP contribution is 2.26. The summed E-state index contributed by atoms with van der Waals surface area (Å²) in [5.74, 6) is -0.166. The molecule has 1 aromatic heterocycles. The van der Waals surface area contributed by atoms with Crippen LogP contribution < -0.4 is 10.6 Å². The van der Waals surface area contributed by atoms with Crippen LogP contribution in [-0.4, -0.2) is 22.5 Å². The molecule has 0 spiro atoms. The van der Waals surface area contributed by atoms with Gasteiger partial charge in [-0.15, -0.1) is 0 Å². The number of nitrogens with zero attached hydrogens (tertiary/aromatic N) is 1. The van der Waals surface area contributed by atoms with Gasteiger partial charge in [-0.05, 0) is 66.1 Å². The zero-order chi connectivity index (χ0) is 23.0. The van der Waals surface area contributed by atoms with Gasteiger partial charge in [0.2, 0.25) is 0 Å². The standard InChI is InChI=1S/C28H27N3O2/c1-20(32)21-9-11-22(12-10-21)26-7-2-3-8-27(26)28(33)31-25-15-13-24(14-16-25)30-19-17-23-6-4-5-18-29-23/h2-16,18,20,30,32H,17,19H2,1H3,(H,31,33). The molecule has 0 saturated carbocycles. The predicted octanol–water partition coefficient (Wildman–Crippen LogP) is 5.71. The monoisotopic (exact) mass is 437 g/mol. The number of aliphatic hydroxyl groups excluding tert-OH is 1. The van der Waals surface area contributed by atoms with Gasteiger partial charge in [0.15, 0.2) is 0 Å². The summed E-state index contributed by atoms with van der Waals surface area (Å²) >= 11 is 0. The molecule has 5 heteroatoms. The van der Waals surface area contributed by atoms with Gasteiger partial charge in [0.05, 0.1) is 6.10 Å². The van der Waals surface area contributed by atoms with Crippen LogP contribution in [0.4, 0.5) is 11.4 Å². The van der Waals surface area contributed by atoms with Crippen LogP contribution in [0.15, 0.2) is 97.2 Å². The van der Waals surface area contributed by atoms with Crippen LogP contribution in [0, 0.1) is 0 Å². The number of carbonyl (C=O) groups is 1. The smallest absolute Gasteiger partial charge is 0.256 e. The van der Waals surface area contributed by atoms with E-state index in [1.807, 2.05) is 91.0 Å². The number of anilines is 2. The summed E-state index contributed by atoms with van der Waals surface area (Å²) in [7, 11) is 0. The van der Waals surface area contributed by atoms with Gasteiger partial charge in [0, 0.05) is 41.8 Å². The van der Waals surface area contributed by atoms with Crippen molar-refractivity contribution in [3.8, 4) is 11.1 Å². The molecule has 3 N–H and O–H groups in total. The first-order valence-corrected chi connectivity index (χ1v) is 11.0. The molecule has 166 valence electrons. The van der Waals surface area contributed by atoms with Crippen LogP contribution in [0.3, 0.4) is 0 Å². The molecule has 1 amide bonds. The van der Waals surface area contributed by atoms with E-state index in [2.05, 4.69) is 15.6 Å². The molecule has 0 aliphatic carbocycles. The van der Waals surface area contributed by atoms with E-state index < -0.39 is 6.10 Å².